The second kappa shape index (κ2) is 10.1. The summed E-state index contributed by atoms with van der Waals surface area (Å²) < 4.78 is 0. The first kappa shape index (κ1) is 26.2. The number of benzene rings is 6. The van der Waals surface area contributed by atoms with E-state index in [1.807, 2.05) is 0 Å². The molecule has 0 amide bonds. The van der Waals surface area contributed by atoms with Crippen molar-refractivity contribution in [2.45, 2.75) is 39.5 Å². The van der Waals surface area contributed by atoms with Crippen molar-refractivity contribution < 1.29 is 0 Å². The number of allylic oxidation sites excluding steroid dienone is 4. The maximum atomic E-state index is 2.37. The largest absolute Gasteiger partial charge is 0.113 e. The smallest absolute Gasteiger partial charge is 0.0647 e. The van der Waals surface area contributed by atoms with Gasteiger partial charge in [0.15, 0.2) is 0 Å². The van der Waals surface area contributed by atoms with Gasteiger partial charge in [0.05, 0.1) is 0 Å². The second-order valence-corrected chi connectivity index (χ2v) is 13.6. The third-order valence-corrected chi connectivity index (χ3v) is 11.8. The summed E-state index contributed by atoms with van der Waals surface area (Å²) >= 11 is 0. The molecule has 0 bridgehead atoms. The van der Waals surface area contributed by atoms with E-state index in [9.17, 15) is 0 Å². The normalized spacial score (nSPS) is 17.7. The summed E-state index contributed by atoms with van der Waals surface area (Å²) in [5.41, 5.74) is 14.3. The predicted molar refractivity (Wildman–Crippen MR) is 185 cm³/mol. The summed E-state index contributed by atoms with van der Waals surface area (Å²) in [6.07, 6.45) is 0. The van der Waals surface area contributed by atoms with Crippen LogP contribution in [0.5, 0.6) is 0 Å². The highest BCUT2D eigenvalue weighted by Gasteiger charge is 2.38. The van der Waals surface area contributed by atoms with Crippen molar-refractivity contribution in [1.82, 2.24) is 0 Å². The SMILES string of the molecule is CC1=C([Si]C2=C(C)c3ccccc3C2c2c(C)ccc3ccccc23)C(c2c(C)ccc3ccccc23)c2ccccc21. The number of aryl methyl sites for hydroxylation is 2. The van der Waals surface area contributed by atoms with Gasteiger partial charge in [0.1, 0.15) is 9.52 Å². The lowest BCUT2D eigenvalue weighted by Crippen LogP contribution is -2.16. The summed E-state index contributed by atoms with van der Waals surface area (Å²) in [4.78, 5) is 0. The van der Waals surface area contributed by atoms with Gasteiger partial charge in [-0.1, -0.05) is 132 Å². The molecule has 0 fully saturated rings. The van der Waals surface area contributed by atoms with Crippen molar-refractivity contribution in [3.63, 3.8) is 0 Å². The molecule has 2 aliphatic carbocycles. The Morgan fingerprint density at radius 2 is 0.814 bits per heavy atom. The van der Waals surface area contributed by atoms with Crippen molar-refractivity contribution in [2.75, 3.05) is 0 Å². The van der Waals surface area contributed by atoms with E-state index in [1.54, 1.807) is 10.4 Å². The lowest BCUT2D eigenvalue weighted by atomic mass is 9.86. The van der Waals surface area contributed by atoms with Crippen LogP contribution < -0.4 is 0 Å². The quantitative estimate of drug-likeness (QED) is 0.186. The van der Waals surface area contributed by atoms with E-state index in [0.29, 0.717) is 9.52 Å². The molecular formula is C42H34Si. The summed E-state index contributed by atoms with van der Waals surface area (Å²) in [7, 11) is 0.599. The first-order valence-electron chi connectivity index (χ1n) is 15.4. The van der Waals surface area contributed by atoms with Gasteiger partial charge in [-0.3, -0.25) is 0 Å². The predicted octanol–water partition coefficient (Wildman–Crippen LogP) is 10.8. The Kier molecular flexibility index (Phi) is 6.13. The maximum Gasteiger partial charge on any atom is 0.113 e. The minimum atomic E-state index is 0.249. The van der Waals surface area contributed by atoms with Crippen LogP contribution >= 0.6 is 0 Å². The van der Waals surface area contributed by atoms with Crippen LogP contribution in [0.3, 0.4) is 0 Å². The molecule has 8 rings (SSSR count). The van der Waals surface area contributed by atoms with Gasteiger partial charge in [0.25, 0.3) is 0 Å². The third kappa shape index (κ3) is 3.95. The van der Waals surface area contributed by atoms with E-state index in [4.69, 9.17) is 0 Å². The van der Waals surface area contributed by atoms with Crippen LogP contribution in [-0.2, 0) is 0 Å². The molecule has 1 heteroatoms. The molecule has 2 unspecified atom stereocenters. The highest BCUT2D eigenvalue weighted by molar-refractivity contribution is 6.59. The summed E-state index contributed by atoms with van der Waals surface area (Å²) in [5, 5.41) is 8.54. The van der Waals surface area contributed by atoms with Crippen molar-refractivity contribution in [1.29, 1.82) is 0 Å². The Hall–Kier alpha value is -4.46. The van der Waals surface area contributed by atoms with Gasteiger partial charge in [-0.05, 0) is 105 Å². The van der Waals surface area contributed by atoms with Crippen LogP contribution in [0, 0.1) is 13.8 Å². The first-order chi connectivity index (χ1) is 21.0. The minimum absolute atomic E-state index is 0.249. The standard InChI is InChI=1S/C42H34Si/c1-25-21-23-29-13-5-7-17-33(29)37(25)39-35-19-11-9-15-31(35)27(3)41(39)43-42-28(4)32-16-10-12-20-36(32)40(42)38-26(2)22-24-30-14-6-8-18-34(30)38/h5-24,39-40H,1-4H3. The zero-order valence-corrected chi connectivity index (χ0v) is 26.2. The zero-order chi connectivity index (χ0) is 29.2. The molecule has 206 valence electrons. The fraction of sp³-hybridized carbons (Fsp3) is 0.143. The lowest BCUT2D eigenvalue weighted by molar-refractivity contribution is 1.00. The minimum Gasteiger partial charge on any atom is -0.0647 e. The Morgan fingerprint density at radius 1 is 0.419 bits per heavy atom. The fourth-order valence-electron chi connectivity index (χ4n) is 7.87. The van der Waals surface area contributed by atoms with E-state index >= 15 is 0 Å². The van der Waals surface area contributed by atoms with Crippen LogP contribution in [0.25, 0.3) is 32.7 Å². The summed E-state index contributed by atoms with van der Waals surface area (Å²) in [5.74, 6) is 0.498. The van der Waals surface area contributed by atoms with Gasteiger partial charge in [-0.15, -0.1) is 0 Å². The monoisotopic (exact) mass is 566 g/mol. The van der Waals surface area contributed by atoms with Gasteiger partial charge in [0, 0.05) is 11.8 Å². The second-order valence-electron chi connectivity index (χ2n) is 12.3. The van der Waals surface area contributed by atoms with E-state index < -0.39 is 0 Å². The molecule has 0 nitrogen and oxygen atoms in total. The molecule has 0 saturated heterocycles. The van der Waals surface area contributed by atoms with Gasteiger partial charge in [-0.25, -0.2) is 0 Å². The molecule has 6 aromatic rings. The van der Waals surface area contributed by atoms with E-state index in [-0.39, 0.29) is 11.8 Å². The van der Waals surface area contributed by atoms with Gasteiger partial charge >= 0.3 is 0 Å². The summed E-state index contributed by atoms with van der Waals surface area (Å²) in [6.45, 7) is 9.35. The molecule has 0 saturated carbocycles. The number of rotatable bonds is 4. The lowest BCUT2D eigenvalue weighted by Gasteiger charge is -2.26. The Labute approximate surface area is 257 Å². The molecule has 0 heterocycles. The fourth-order valence-corrected chi connectivity index (χ4v) is 9.69. The molecule has 0 aromatic heterocycles. The molecule has 43 heavy (non-hydrogen) atoms. The maximum absolute atomic E-state index is 2.37. The van der Waals surface area contributed by atoms with Crippen molar-refractivity contribution in [3.8, 4) is 0 Å². The number of fused-ring (bicyclic) bond motifs is 4. The van der Waals surface area contributed by atoms with Crippen LogP contribution in [0.2, 0.25) is 0 Å². The van der Waals surface area contributed by atoms with E-state index in [1.165, 1.54) is 77.2 Å². The van der Waals surface area contributed by atoms with Crippen molar-refractivity contribution in [2.24, 2.45) is 0 Å². The van der Waals surface area contributed by atoms with E-state index in [2.05, 4.69) is 149 Å². The summed E-state index contributed by atoms with van der Waals surface area (Å²) in [6, 6.07) is 45.4. The highest BCUT2D eigenvalue weighted by atomic mass is 28.2. The first-order valence-corrected chi connectivity index (χ1v) is 16.4. The van der Waals surface area contributed by atoms with Gasteiger partial charge < -0.3 is 0 Å². The number of hydrogen-bond acceptors (Lipinski definition) is 0. The van der Waals surface area contributed by atoms with E-state index in [0.717, 1.165) is 0 Å². The molecule has 2 aliphatic rings. The van der Waals surface area contributed by atoms with Crippen molar-refractivity contribution in [3.05, 3.63) is 176 Å². The molecule has 2 radical (unpaired) electrons. The molecular weight excluding hydrogens is 533 g/mol. The molecule has 0 N–H and O–H groups in total. The van der Waals surface area contributed by atoms with Gasteiger partial charge in [0.2, 0.25) is 0 Å². The molecule has 0 spiro atoms. The van der Waals surface area contributed by atoms with Crippen LogP contribution in [0.1, 0.15) is 70.2 Å². The molecule has 2 atom stereocenters. The topological polar surface area (TPSA) is 0 Å². The van der Waals surface area contributed by atoms with Crippen LogP contribution in [0.4, 0.5) is 0 Å². The Morgan fingerprint density at radius 3 is 1.28 bits per heavy atom. The van der Waals surface area contributed by atoms with Crippen LogP contribution in [0.15, 0.2) is 132 Å². The number of hydrogen-bond donors (Lipinski definition) is 0. The molecule has 6 aromatic carbocycles. The van der Waals surface area contributed by atoms with Gasteiger partial charge in [-0.2, -0.15) is 0 Å². The molecule has 0 aliphatic heterocycles. The third-order valence-electron chi connectivity index (χ3n) is 9.96. The Bertz CT molecular complexity index is 2000. The van der Waals surface area contributed by atoms with Crippen molar-refractivity contribution >= 4 is 42.2 Å². The average molecular weight is 567 g/mol. The highest BCUT2D eigenvalue weighted by Crippen LogP contribution is 2.52. The van der Waals surface area contributed by atoms with Crippen LogP contribution in [-0.4, -0.2) is 9.52 Å². The zero-order valence-electron chi connectivity index (χ0n) is 25.2. The Balaban J connectivity index is 1.36. The average Bonchev–Trinajstić information content (AvgIpc) is 3.47.